The lowest BCUT2D eigenvalue weighted by molar-refractivity contribution is -0.142. The van der Waals surface area contributed by atoms with Gasteiger partial charge in [-0.3, -0.25) is 4.79 Å². The molecule has 0 heterocycles. The van der Waals surface area contributed by atoms with Gasteiger partial charge in [0.05, 0.1) is 19.8 Å². The predicted octanol–water partition coefficient (Wildman–Crippen LogP) is 2.67. The van der Waals surface area contributed by atoms with Gasteiger partial charge in [0.2, 0.25) is 0 Å². The van der Waals surface area contributed by atoms with Crippen molar-refractivity contribution < 1.29 is 33.7 Å². The number of hydrogen-bond donors (Lipinski definition) is 1. The van der Waals surface area contributed by atoms with Crippen molar-refractivity contribution in [2.75, 3.05) is 26.4 Å². The fraction of sp³-hybridized carbons (Fsp3) is 0.526. The smallest absolute Gasteiger partial charge is 0.330 e. The maximum atomic E-state index is 11.3. The topological polar surface area (TPSA) is 99.1 Å². The molecule has 0 bridgehead atoms. The van der Waals surface area contributed by atoms with Crippen molar-refractivity contribution in [3.05, 3.63) is 38.0 Å². The molecule has 0 aliphatic heterocycles. The first-order valence-electron chi connectivity index (χ1n) is 8.38. The van der Waals surface area contributed by atoms with Gasteiger partial charge in [-0.2, -0.15) is 0 Å². The minimum absolute atomic E-state index is 0.0493. The molecule has 0 rings (SSSR count). The standard InChI is InChI=1S/C19H28O7/c1-4-12-24-13-9-19(8-7-16(20)21,10-14-25-17(22)5-2)11-15-26-18(23)6-3/h4-6H,1-3,7-15H2,(H,20,21). The summed E-state index contributed by atoms with van der Waals surface area (Å²) >= 11 is 0. The van der Waals surface area contributed by atoms with Crippen molar-refractivity contribution in [2.45, 2.75) is 32.1 Å². The van der Waals surface area contributed by atoms with Gasteiger partial charge in [-0.15, -0.1) is 6.58 Å². The van der Waals surface area contributed by atoms with E-state index in [0.29, 0.717) is 38.9 Å². The van der Waals surface area contributed by atoms with E-state index in [1.807, 2.05) is 0 Å². The number of hydrogen-bond acceptors (Lipinski definition) is 6. The Hall–Kier alpha value is -2.41. The maximum Gasteiger partial charge on any atom is 0.330 e. The van der Waals surface area contributed by atoms with Crippen LogP contribution in [-0.4, -0.2) is 49.4 Å². The zero-order valence-corrected chi connectivity index (χ0v) is 15.1. The van der Waals surface area contributed by atoms with Gasteiger partial charge in [0, 0.05) is 25.2 Å². The number of aliphatic carboxylic acids is 1. The Morgan fingerprint density at radius 2 is 1.35 bits per heavy atom. The van der Waals surface area contributed by atoms with E-state index >= 15 is 0 Å². The Morgan fingerprint density at radius 1 is 0.846 bits per heavy atom. The molecule has 0 amide bonds. The molecule has 0 unspecified atom stereocenters. The van der Waals surface area contributed by atoms with Crippen LogP contribution in [0, 0.1) is 5.41 Å². The first-order valence-corrected chi connectivity index (χ1v) is 8.38. The summed E-state index contributed by atoms with van der Waals surface area (Å²) in [7, 11) is 0. The first-order chi connectivity index (χ1) is 12.4. The molecule has 0 aliphatic rings. The number of carboxylic acid groups (broad SMARTS) is 1. The molecule has 0 spiro atoms. The number of ether oxygens (including phenoxy) is 3. The number of rotatable bonds is 16. The number of carbonyl (C=O) groups is 3. The van der Waals surface area contributed by atoms with Crippen molar-refractivity contribution in [1.29, 1.82) is 0 Å². The van der Waals surface area contributed by atoms with E-state index in [4.69, 9.17) is 19.3 Å². The van der Waals surface area contributed by atoms with Crippen LogP contribution in [0.3, 0.4) is 0 Å². The first kappa shape index (κ1) is 23.6. The van der Waals surface area contributed by atoms with E-state index in [9.17, 15) is 14.4 Å². The van der Waals surface area contributed by atoms with Crippen molar-refractivity contribution in [3.63, 3.8) is 0 Å². The molecule has 0 aromatic carbocycles. The second kappa shape index (κ2) is 13.8. The monoisotopic (exact) mass is 368 g/mol. The van der Waals surface area contributed by atoms with Gasteiger partial charge in [-0.25, -0.2) is 9.59 Å². The summed E-state index contributed by atoms with van der Waals surface area (Å²) < 4.78 is 15.5. The largest absolute Gasteiger partial charge is 0.481 e. The average molecular weight is 368 g/mol. The van der Waals surface area contributed by atoms with Gasteiger partial charge in [-0.05, 0) is 31.1 Å². The fourth-order valence-electron chi connectivity index (χ4n) is 2.43. The number of esters is 2. The number of carbonyl (C=O) groups excluding carboxylic acids is 2. The van der Waals surface area contributed by atoms with Crippen LogP contribution >= 0.6 is 0 Å². The van der Waals surface area contributed by atoms with Crippen molar-refractivity contribution in [2.24, 2.45) is 5.41 Å². The minimum atomic E-state index is -0.924. The van der Waals surface area contributed by atoms with Crippen LogP contribution in [0.4, 0.5) is 0 Å². The Balaban J connectivity index is 5.01. The summed E-state index contributed by atoms with van der Waals surface area (Å²) in [6.45, 7) is 11.2. The van der Waals surface area contributed by atoms with Gasteiger partial charge in [0.25, 0.3) is 0 Å². The summed E-state index contributed by atoms with van der Waals surface area (Å²) in [5, 5.41) is 9.05. The Kier molecular flexibility index (Phi) is 12.6. The molecule has 0 aromatic heterocycles. The van der Waals surface area contributed by atoms with E-state index in [-0.39, 0.29) is 19.6 Å². The summed E-state index contributed by atoms with van der Waals surface area (Å²) in [4.78, 5) is 33.5. The molecular weight excluding hydrogens is 340 g/mol. The zero-order chi connectivity index (χ0) is 19.8. The summed E-state index contributed by atoms with van der Waals surface area (Å²) in [6.07, 6.45) is 5.42. The molecule has 0 saturated carbocycles. The molecule has 26 heavy (non-hydrogen) atoms. The van der Waals surface area contributed by atoms with Crippen molar-refractivity contribution >= 4 is 17.9 Å². The zero-order valence-electron chi connectivity index (χ0n) is 15.1. The van der Waals surface area contributed by atoms with Crippen LogP contribution in [0.2, 0.25) is 0 Å². The average Bonchev–Trinajstić information content (AvgIpc) is 2.63. The molecule has 1 N–H and O–H groups in total. The SMILES string of the molecule is C=CCOCCC(CCOC(=O)C=C)(CCOC(=O)C=C)CCC(=O)O. The van der Waals surface area contributed by atoms with Crippen LogP contribution in [0.25, 0.3) is 0 Å². The highest BCUT2D eigenvalue weighted by Crippen LogP contribution is 2.36. The Labute approximate surface area is 154 Å². The Morgan fingerprint density at radius 3 is 1.77 bits per heavy atom. The van der Waals surface area contributed by atoms with Crippen LogP contribution in [-0.2, 0) is 28.6 Å². The van der Waals surface area contributed by atoms with Crippen LogP contribution < -0.4 is 0 Å². The van der Waals surface area contributed by atoms with E-state index in [1.165, 1.54) is 0 Å². The lowest BCUT2D eigenvalue weighted by Gasteiger charge is -2.33. The second-order valence-corrected chi connectivity index (χ2v) is 5.75. The van der Waals surface area contributed by atoms with E-state index in [2.05, 4.69) is 19.7 Å². The van der Waals surface area contributed by atoms with Crippen molar-refractivity contribution in [1.82, 2.24) is 0 Å². The van der Waals surface area contributed by atoms with Gasteiger partial charge in [-0.1, -0.05) is 19.2 Å². The van der Waals surface area contributed by atoms with E-state index in [1.54, 1.807) is 6.08 Å². The molecule has 7 heteroatoms. The molecule has 0 atom stereocenters. The highest BCUT2D eigenvalue weighted by atomic mass is 16.5. The van der Waals surface area contributed by atoms with Crippen LogP contribution in [0.1, 0.15) is 32.1 Å². The third-order valence-corrected chi connectivity index (χ3v) is 3.97. The molecular formula is C19H28O7. The van der Waals surface area contributed by atoms with E-state index in [0.717, 1.165) is 12.2 Å². The lowest BCUT2D eigenvalue weighted by Crippen LogP contribution is -2.29. The molecule has 0 aliphatic carbocycles. The third kappa shape index (κ3) is 11.2. The highest BCUT2D eigenvalue weighted by molar-refractivity contribution is 5.81. The van der Waals surface area contributed by atoms with Gasteiger partial charge in [0.1, 0.15) is 0 Å². The fourth-order valence-corrected chi connectivity index (χ4v) is 2.43. The molecule has 0 aromatic rings. The van der Waals surface area contributed by atoms with Gasteiger partial charge >= 0.3 is 17.9 Å². The van der Waals surface area contributed by atoms with Crippen LogP contribution in [0.15, 0.2) is 38.0 Å². The van der Waals surface area contributed by atoms with Gasteiger partial charge < -0.3 is 19.3 Å². The molecule has 0 radical (unpaired) electrons. The summed E-state index contributed by atoms with van der Waals surface area (Å²) in [6, 6.07) is 0. The van der Waals surface area contributed by atoms with Crippen molar-refractivity contribution in [3.8, 4) is 0 Å². The molecule has 0 saturated heterocycles. The lowest BCUT2D eigenvalue weighted by atomic mass is 9.75. The van der Waals surface area contributed by atoms with Crippen LogP contribution in [0.5, 0.6) is 0 Å². The molecule has 0 fully saturated rings. The normalized spacial score (nSPS) is 10.6. The Bertz CT molecular complexity index is 470. The quantitative estimate of drug-likeness (QED) is 0.193. The molecule has 146 valence electrons. The highest BCUT2D eigenvalue weighted by Gasteiger charge is 2.31. The maximum absolute atomic E-state index is 11.3. The number of carboxylic acids is 1. The summed E-state index contributed by atoms with van der Waals surface area (Å²) in [5.74, 6) is -2.01. The van der Waals surface area contributed by atoms with Gasteiger partial charge in [0.15, 0.2) is 0 Å². The predicted molar refractivity (Wildman–Crippen MR) is 96.5 cm³/mol. The molecule has 7 nitrogen and oxygen atoms in total. The third-order valence-electron chi connectivity index (χ3n) is 3.97. The second-order valence-electron chi connectivity index (χ2n) is 5.75. The minimum Gasteiger partial charge on any atom is -0.481 e. The summed E-state index contributed by atoms with van der Waals surface area (Å²) in [5.41, 5.74) is -0.511. The van der Waals surface area contributed by atoms with E-state index < -0.39 is 23.3 Å².